The number of carbonyl (C=O) groups excluding carboxylic acids is 1. The van der Waals surface area contributed by atoms with Crippen molar-refractivity contribution in [3.05, 3.63) is 70.4 Å². The minimum absolute atomic E-state index is 0.177. The summed E-state index contributed by atoms with van der Waals surface area (Å²) in [5, 5.41) is 10.0. The van der Waals surface area contributed by atoms with Crippen LogP contribution < -0.4 is 5.32 Å². The lowest BCUT2D eigenvalue weighted by molar-refractivity contribution is -0.111. The molecular formula is C17H16N4OS. The van der Waals surface area contributed by atoms with Crippen LogP contribution in [0.15, 0.2) is 54.2 Å². The second-order valence-corrected chi connectivity index (χ2v) is 6.04. The molecule has 0 atom stereocenters. The van der Waals surface area contributed by atoms with Crippen LogP contribution in [0.25, 0.3) is 6.08 Å². The first-order chi connectivity index (χ1) is 11.2. The third-order valence-electron chi connectivity index (χ3n) is 3.21. The highest BCUT2D eigenvalue weighted by molar-refractivity contribution is 7.09. The molecule has 0 aliphatic rings. The second-order valence-electron chi connectivity index (χ2n) is 4.97. The summed E-state index contributed by atoms with van der Waals surface area (Å²) in [4.78, 5) is 16.4. The van der Waals surface area contributed by atoms with E-state index >= 15 is 0 Å². The van der Waals surface area contributed by atoms with Gasteiger partial charge in [0.05, 0.1) is 17.2 Å². The molecule has 1 amide bonds. The van der Waals surface area contributed by atoms with Crippen LogP contribution in [0.5, 0.6) is 0 Å². The molecule has 1 N–H and O–H groups in total. The number of nitrogens with zero attached hydrogens (tertiary/aromatic N) is 3. The Balaban J connectivity index is 1.69. The van der Waals surface area contributed by atoms with Crippen LogP contribution in [0.4, 0.5) is 5.69 Å². The molecule has 116 valence electrons. The highest BCUT2D eigenvalue weighted by atomic mass is 32.1. The Hall–Kier alpha value is -2.73. The molecule has 0 unspecified atom stereocenters. The maximum Gasteiger partial charge on any atom is 0.248 e. The SMILES string of the molecule is Cc1nc(C=CC(=O)Nc2ccccc2Cn2cccn2)cs1. The number of para-hydroxylation sites is 1. The molecular weight excluding hydrogens is 308 g/mol. The molecule has 0 aliphatic heterocycles. The average molecular weight is 324 g/mol. The molecule has 0 saturated heterocycles. The molecule has 0 aliphatic carbocycles. The Kier molecular flexibility index (Phi) is 4.63. The van der Waals surface area contributed by atoms with E-state index in [1.165, 1.54) is 6.08 Å². The molecule has 2 aromatic heterocycles. The summed E-state index contributed by atoms with van der Waals surface area (Å²) < 4.78 is 1.82. The van der Waals surface area contributed by atoms with E-state index in [1.807, 2.05) is 53.5 Å². The van der Waals surface area contributed by atoms with E-state index in [2.05, 4.69) is 15.4 Å². The fourth-order valence-corrected chi connectivity index (χ4v) is 2.72. The first-order valence-corrected chi connectivity index (χ1v) is 8.05. The zero-order valence-electron chi connectivity index (χ0n) is 12.6. The van der Waals surface area contributed by atoms with Gasteiger partial charge in [-0.1, -0.05) is 18.2 Å². The minimum Gasteiger partial charge on any atom is -0.322 e. The third kappa shape index (κ3) is 4.14. The first kappa shape index (κ1) is 15.2. The molecule has 3 aromatic rings. The Labute approximate surface area is 138 Å². The van der Waals surface area contributed by atoms with Gasteiger partial charge in [-0.3, -0.25) is 9.48 Å². The van der Waals surface area contributed by atoms with E-state index in [-0.39, 0.29) is 5.91 Å². The molecule has 6 heteroatoms. The topological polar surface area (TPSA) is 59.8 Å². The monoisotopic (exact) mass is 324 g/mol. The van der Waals surface area contributed by atoms with Gasteiger partial charge in [0.2, 0.25) is 5.91 Å². The van der Waals surface area contributed by atoms with Gasteiger partial charge in [0.25, 0.3) is 0 Å². The maximum atomic E-state index is 12.1. The molecule has 23 heavy (non-hydrogen) atoms. The van der Waals surface area contributed by atoms with E-state index in [4.69, 9.17) is 0 Å². The van der Waals surface area contributed by atoms with Gasteiger partial charge in [0, 0.05) is 29.5 Å². The van der Waals surface area contributed by atoms with Gasteiger partial charge in [-0.05, 0) is 30.7 Å². The van der Waals surface area contributed by atoms with Crippen LogP contribution in [0.3, 0.4) is 0 Å². The van der Waals surface area contributed by atoms with Gasteiger partial charge in [-0.15, -0.1) is 11.3 Å². The number of hydrogen-bond donors (Lipinski definition) is 1. The number of aromatic nitrogens is 3. The molecule has 0 spiro atoms. The van der Waals surface area contributed by atoms with Crippen LogP contribution in [-0.2, 0) is 11.3 Å². The van der Waals surface area contributed by atoms with Crippen molar-refractivity contribution in [2.24, 2.45) is 0 Å². The molecule has 5 nitrogen and oxygen atoms in total. The second kappa shape index (κ2) is 7.02. The average Bonchev–Trinajstić information content (AvgIpc) is 3.19. The van der Waals surface area contributed by atoms with E-state index in [0.717, 1.165) is 22.0 Å². The quantitative estimate of drug-likeness (QED) is 0.732. The summed E-state index contributed by atoms with van der Waals surface area (Å²) in [7, 11) is 0. The van der Waals surface area contributed by atoms with E-state index < -0.39 is 0 Å². The lowest BCUT2D eigenvalue weighted by Gasteiger charge is -2.09. The van der Waals surface area contributed by atoms with Gasteiger partial charge in [-0.25, -0.2) is 4.98 Å². The van der Waals surface area contributed by atoms with Gasteiger partial charge in [0.1, 0.15) is 0 Å². The zero-order valence-corrected chi connectivity index (χ0v) is 13.5. The predicted octanol–water partition coefficient (Wildman–Crippen LogP) is 3.35. The fraction of sp³-hybridized carbons (Fsp3) is 0.118. The Morgan fingerprint density at radius 2 is 2.22 bits per heavy atom. The third-order valence-corrected chi connectivity index (χ3v) is 4.00. The number of benzene rings is 1. The highest BCUT2D eigenvalue weighted by Gasteiger charge is 2.05. The predicted molar refractivity (Wildman–Crippen MR) is 92.3 cm³/mol. The molecule has 0 bridgehead atoms. The Morgan fingerprint density at radius 1 is 1.35 bits per heavy atom. The smallest absolute Gasteiger partial charge is 0.248 e. The number of rotatable bonds is 5. The minimum atomic E-state index is -0.177. The Morgan fingerprint density at radius 3 is 2.96 bits per heavy atom. The lowest BCUT2D eigenvalue weighted by atomic mass is 10.1. The molecule has 3 rings (SSSR count). The van der Waals surface area contributed by atoms with Crippen molar-refractivity contribution in [3.63, 3.8) is 0 Å². The number of nitrogens with one attached hydrogen (secondary N) is 1. The van der Waals surface area contributed by atoms with Crippen molar-refractivity contribution in [2.45, 2.75) is 13.5 Å². The molecule has 0 radical (unpaired) electrons. The van der Waals surface area contributed by atoms with Crippen LogP contribution in [0.1, 0.15) is 16.3 Å². The van der Waals surface area contributed by atoms with Gasteiger partial charge < -0.3 is 5.32 Å². The normalized spacial score (nSPS) is 11.0. The van der Waals surface area contributed by atoms with Crippen LogP contribution in [0, 0.1) is 6.92 Å². The first-order valence-electron chi connectivity index (χ1n) is 7.17. The number of amides is 1. The van der Waals surface area contributed by atoms with Crippen LogP contribution >= 0.6 is 11.3 Å². The standard InChI is InChI=1S/C17H16N4OS/c1-13-19-15(12-23-13)7-8-17(22)20-16-6-3-2-5-14(16)11-21-10-4-9-18-21/h2-10,12H,11H2,1H3,(H,20,22). The molecule has 1 aromatic carbocycles. The fourth-order valence-electron chi connectivity index (χ4n) is 2.14. The molecule has 2 heterocycles. The van der Waals surface area contributed by atoms with Crippen molar-refractivity contribution in [1.29, 1.82) is 0 Å². The van der Waals surface area contributed by atoms with Gasteiger partial charge >= 0.3 is 0 Å². The largest absolute Gasteiger partial charge is 0.322 e. The van der Waals surface area contributed by atoms with Crippen molar-refractivity contribution >= 4 is 29.0 Å². The van der Waals surface area contributed by atoms with Gasteiger partial charge in [-0.2, -0.15) is 5.10 Å². The number of anilines is 1. The summed E-state index contributed by atoms with van der Waals surface area (Å²) in [6, 6.07) is 9.58. The molecule has 0 saturated carbocycles. The van der Waals surface area contributed by atoms with E-state index in [1.54, 1.807) is 23.6 Å². The maximum absolute atomic E-state index is 12.1. The van der Waals surface area contributed by atoms with E-state index in [0.29, 0.717) is 6.54 Å². The molecule has 0 fully saturated rings. The van der Waals surface area contributed by atoms with Crippen LogP contribution in [-0.4, -0.2) is 20.7 Å². The number of aryl methyl sites for hydroxylation is 1. The van der Waals surface area contributed by atoms with Crippen molar-refractivity contribution in [1.82, 2.24) is 14.8 Å². The zero-order chi connectivity index (χ0) is 16.1. The summed E-state index contributed by atoms with van der Waals surface area (Å²) >= 11 is 1.56. The van der Waals surface area contributed by atoms with Gasteiger partial charge in [0.15, 0.2) is 0 Å². The van der Waals surface area contributed by atoms with Crippen molar-refractivity contribution in [3.8, 4) is 0 Å². The van der Waals surface area contributed by atoms with Crippen molar-refractivity contribution in [2.75, 3.05) is 5.32 Å². The lowest BCUT2D eigenvalue weighted by Crippen LogP contribution is -2.11. The summed E-state index contributed by atoms with van der Waals surface area (Å²) in [6.45, 7) is 2.55. The van der Waals surface area contributed by atoms with E-state index in [9.17, 15) is 4.79 Å². The summed E-state index contributed by atoms with van der Waals surface area (Å²) in [5.41, 5.74) is 2.59. The summed E-state index contributed by atoms with van der Waals surface area (Å²) in [5.74, 6) is -0.177. The Bertz CT molecular complexity index is 821. The highest BCUT2D eigenvalue weighted by Crippen LogP contribution is 2.16. The summed E-state index contributed by atoms with van der Waals surface area (Å²) in [6.07, 6.45) is 6.84. The number of carbonyl (C=O) groups is 1. The number of hydrogen-bond acceptors (Lipinski definition) is 4. The van der Waals surface area contributed by atoms with Crippen molar-refractivity contribution < 1.29 is 4.79 Å². The van der Waals surface area contributed by atoms with Crippen LogP contribution in [0.2, 0.25) is 0 Å². The number of thiazole rings is 1.